The maximum Gasteiger partial charge on any atom is 0.248 e. The summed E-state index contributed by atoms with van der Waals surface area (Å²) in [5.41, 5.74) is 7.61. The number of halogens is 1. The Bertz CT molecular complexity index is 817. The van der Waals surface area contributed by atoms with Gasteiger partial charge < -0.3 is 11.1 Å². The third kappa shape index (κ3) is 3.14. The van der Waals surface area contributed by atoms with E-state index >= 15 is 0 Å². The monoisotopic (exact) mass is 363 g/mol. The summed E-state index contributed by atoms with van der Waals surface area (Å²) in [4.78, 5) is 16.6. The van der Waals surface area contributed by atoms with E-state index in [4.69, 9.17) is 17.3 Å². The molecule has 2 aromatic rings. The topological polar surface area (TPSA) is 85.8 Å². The number of carbonyl (C=O) groups is 1. The lowest BCUT2D eigenvalue weighted by molar-refractivity contribution is -0.115. The summed E-state index contributed by atoms with van der Waals surface area (Å²) in [6, 6.07) is 6.91. The number of amides is 1. The minimum atomic E-state index is -0.492. The first-order valence-corrected chi connectivity index (χ1v) is 9.00. The fourth-order valence-electron chi connectivity index (χ4n) is 2.69. The van der Waals surface area contributed by atoms with Gasteiger partial charge in [-0.1, -0.05) is 42.4 Å². The van der Waals surface area contributed by atoms with E-state index in [9.17, 15) is 4.79 Å². The summed E-state index contributed by atoms with van der Waals surface area (Å²) in [6.45, 7) is 3.92. The number of thioether (sulfide) groups is 1. The zero-order chi connectivity index (χ0) is 17.3. The van der Waals surface area contributed by atoms with Crippen LogP contribution in [-0.2, 0) is 4.79 Å². The van der Waals surface area contributed by atoms with Gasteiger partial charge in [0.2, 0.25) is 17.0 Å². The molecule has 1 unspecified atom stereocenters. The van der Waals surface area contributed by atoms with E-state index < -0.39 is 11.9 Å². The smallest absolute Gasteiger partial charge is 0.248 e. The van der Waals surface area contributed by atoms with Crippen molar-refractivity contribution in [3.8, 4) is 0 Å². The molecule has 0 radical (unpaired) electrons. The van der Waals surface area contributed by atoms with Gasteiger partial charge in [-0.25, -0.2) is 4.68 Å². The summed E-state index contributed by atoms with van der Waals surface area (Å²) >= 11 is 7.71. The van der Waals surface area contributed by atoms with Crippen LogP contribution in [-0.4, -0.2) is 26.4 Å². The molecule has 0 spiro atoms. The average Bonchev–Trinajstić information content (AvgIpc) is 2.93. The van der Waals surface area contributed by atoms with Crippen LogP contribution in [0, 0.1) is 0 Å². The van der Waals surface area contributed by atoms with Crippen molar-refractivity contribution in [3.05, 3.63) is 46.1 Å². The van der Waals surface area contributed by atoms with Gasteiger partial charge in [0.1, 0.15) is 6.04 Å². The van der Waals surface area contributed by atoms with E-state index in [0.29, 0.717) is 27.4 Å². The van der Waals surface area contributed by atoms with Crippen LogP contribution >= 0.6 is 23.4 Å². The van der Waals surface area contributed by atoms with Gasteiger partial charge in [0.05, 0.1) is 5.57 Å². The number of allylic oxidation sites excluding steroid dienone is 1. The van der Waals surface area contributed by atoms with Crippen LogP contribution in [0.5, 0.6) is 0 Å². The SMILES string of the molecule is CCCSc1nc2n(n1)C(c1cccc(Cl)c1)C(C(N)=O)=C(C)N2. The van der Waals surface area contributed by atoms with Crippen LogP contribution in [0.1, 0.15) is 31.9 Å². The third-order valence-electron chi connectivity index (χ3n) is 3.70. The van der Waals surface area contributed by atoms with Gasteiger partial charge in [-0.05, 0) is 31.0 Å². The molecule has 0 fully saturated rings. The number of hydrogen-bond acceptors (Lipinski definition) is 5. The molecule has 0 aliphatic carbocycles. The van der Waals surface area contributed by atoms with Gasteiger partial charge in [0.25, 0.3) is 0 Å². The molecule has 6 nitrogen and oxygen atoms in total. The van der Waals surface area contributed by atoms with Crippen LogP contribution < -0.4 is 11.1 Å². The Morgan fingerprint density at radius 1 is 1.50 bits per heavy atom. The highest BCUT2D eigenvalue weighted by Crippen LogP contribution is 2.36. The van der Waals surface area contributed by atoms with E-state index in [0.717, 1.165) is 17.7 Å². The van der Waals surface area contributed by atoms with Gasteiger partial charge in [-0.15, -0.1) is 5.10 Å². The summed E-state index contributed by atoms with van der Waals surface area (Å²) in [7, 11) is 0. The Morgan fingerprint density at radius 3 is 2.96 bits per heavy atom. The van der Waals surface area contributed by atoms with Crippen molar-refractivity contribution in [3.63, 3.8) is 0 Å². The van der Waals surface area contributed by atoms with Crippen LogP contribution in [0.15, 0.2) is 40.7 Å². The first kappa shape index (κ1) is 16.9. The minimum absolute atomic E-state index is 0.444. The van der Waals surface area contributed by atoms with Crippen LogP contribution in [0.25, 0.3) is 0 Å². The maximum atomic E-state index is 12.0. The lowest BCUT2D eigenvalue weighted by Gasteiger charge is -2.27. The van der Waals surface area contributed by atoms with E-state index in [1.165, 1.54) is 0 Å². The van der Waals surface area contributed by atoms with E-state index in [1.807, 2.05) is 25.1 Å². The van der Waals surface area contributed by atoms with Gasteiger partial charge in [0, 0.05) is 16.5 Å². The largest absolute Gasteiger partial charge is 0.366 e. The van der Waals surface area contributed by atoms with Crippen LogP contribution in [0.3, 0.4) is 0 Å². The second-order valence-corrected chi connectivity index (χ2v) is 6.99. The van der Waals surface area contributed by atoms with Crippen LogP contribution in [0.2, 0.25) is 5.02 Å². The predicted molar refractivity (Wildman–Crippen MR) is 96.1 cm³/mol. The molecule has 1 aromatic heterocycles. The zero-order valence-electron chi connectivity index (χ0n) is 13.4. The molecule has 0 saturated carbocycles. The lowest BCUT2D eigenvalue weighted by Crippen LogP contribution is -2.31. The molecule has 24 heavy (non-hydrogen) atoms. The molecule has 1 aromatic carbocycles. The Balaban J connectivity index is 2.11. The number of carbonyl (C=O) groups excluding carboxylic acids is 1. The van der Waals surface area contributed by atoms with Crippen molar-refractivity contribution in [1.82, 2.24) is 14.8 Å². The Hall–Kier alpha value is -1.99. The fraction of sp³-hybridized carbons (Fsp3) is 0.312. The van der Waals surface area contributed by atoms with Crippen molar-refractivity contribution < 1.29 is 4.79 Å². The van der Waals surface area contributed by atoms with Gasteiger partial charge >= 0.3 is 0 Å². The first-order chi connectivity index (χ1) is 11.5. The second-order valence-electron chi connectivity index (χ2n) is 5.50. The highest BCUT2D eigenvalue weighted by atomic mass is 35.5. The molecule has 1 amide bonds. The molecule has 126 valence electrons. The second kappa shape index (κ2) is 6.86. The highest BCUT2D eigenvalue weighted by Gasteiger charge is 2.33. The Labute approximate surface area is 149 Å². The molecule has 3 rings (SSSR count). The number of rotatable bonds is 5. The van der Waals surface area contributed by atoms with Crippen molar-refractivity contribution >= 4 is 35.2 Å². The molecule has 1 atom stereocenters. The van der Waals surface area contributed by atoms with Gasteiger partial charge in [-0.3, -0.25) is 4.79 Å². The molecule has 1 aliphatic rings. The number of nitrogens with two attached hydrogens (primary N) is 1. The Morgan fingerprint density at radius 2 is 2.29 bits per heavy atom. The lowest BCUT2D eigenvalue weighted by atomic mass is 9.95. The summed E-state index contributed by atoms with van der Waals surface area (Å²) in [5.74, 6) is 1.04. The number of primary amides is 1. The predicted octanol–water partition coefficient (Wildman–Crippen LogP) is 3.21. The van der Waals surface area contributed by atoms with Crippen molar-refractivity contribution in [1.29, 1.82) is 0 Å². The summed E-state index contributed by atoms with van der Waals surface area (Å²) < 4.78 is 1.71. The standard InChI is InChI=1S/C16H18ClN5OS/c1-3-7-24-16-20-15-19-9(2)12(14(18)23)13(22(15)21-16)10-5-4-6-11(17)8-10/h4-6,8,13H,3,7H2,1-2H3,(H2,18,23)(H,19,20,21). The summed E-state index contributed by atoms with van der Waals surface area (Å²) in [6.07, 6.45) is 1.03. The molecule has 1 aliphatic heterocycles. The van der Waals surface area contributed by atoms with E-state index in [-0.39, 0.29) is 0 Å². The number of fused-ring (bicyclic) bond motifs is 1. The van der Waals surface area contributed by atoms with E-state index in [1.54, 1.807) is 22.5 Å². The van der Waals surface area contributed by atoms with Crippen molar-refractivity contribution in [2.24, 2.45) is 5.73 Å². The number of anilines is 1. The molecular formula is C16H18ClN5OS. The molecular weight excluding hydrogens is 346 g/mol. The minimum Gasteiger partial charge on any atom is -0.366 e. The quantitative estimate of drug-likeness (QED) is 0.796. The van der Waals surface area contributed by atoms with Gasteiger partial charge in [0.15, 0.2) is 0 Å². The third-order valence-corrected chi connectivity index (χ3v) is 4.98. The normalized spacial score (nSPS) is 16.7. The summed E-state index contributed by atoms with van der Waals surface area (Å²) in [5, 5.41) is 8.95. The zero-order valence-corrected chi connectivity index (χ0v) is 15.0. The number of aromatic nitrogens is 3. The molecule has 2 heterocycles. The number of hydrogen-bond donors (Lipinski definition) is 2. The number of nitrogens with one attached hydrogen (secondary N) is 1. The maximum absolute atomic E-state index is 12.0. The molecule has 3 N–H and O–H groups in total. The van der Waals surface area contributed by atoms with Crippen LogP contribution in [0.4, 0.5) is 5.95 Å². The fourth-order valence-corrected chi connectivity index (χ4v) is 3.57. The Kier molecular flexibility index (Phi) is 4.82. The number of nitrogens with zero attached hydrogens (tertiary/aromatic N) is 3. The number of benzene rings is 1. The van der Waals surface area contributed by atoms with Gasteiger partial charge in [-0.2, -0.15) is 4.98 Å². The van der Waals surface area contributed by atoms with Crippen molar-refractivity contribution in [2.45, 2.75) is 31.5 Å². The highest BCUT2D eigenvalue weighted by molar-refractivity contribution is 7.99. The molecule has 0 saturated heterocycles. The average molecular weight is 364 g/mol. The van der Waals surface area contributed by atoms with Crippen molar-refractivity contribution in [2.75, 3.05) is 11.1 Å². The first-order valence-electron chi connectivity index (χ1n) is 7.63. The molecule has 0 bridgehead atoms. The van der Waals surface area contributed by atoms with E-state index in [2.05, 4.69) is 22.3 Å². The molecule has 8 heteroatoms.